The largest absolute Gasteiger partial charge is 0.356 e. The molecular formula is C15H23N3O2. The van der Waals surface area contributed by atoms with Crippen LogP contribution in [0.1, 0.15) is 32.3 Å². The van der Waals surface area contributed by atoms with Crippen LogP contribution in [0, 0.1) is 0 Å². The lowest BCUT2D eigenvalue weighted by molar-refractivity contribution is -0.126. The van der Waals surface area contributed by atoms with Gasteiger partial charge in [0.15, 0.2) is 0 Å². The second-order valence-corrected chi connectivity index (χ2v) is 4.92. The maximum absolute atomic E-state index is 12.1. The van der Waals surface area contributed by atoms with Gasteiger partial charge in [-0.15, -0.1) is 0 Å². The van der Waals surface area contributed by atoms with Gasteiger partial charge in [0.2, 0.25) is 11.8 Å². The number of amides is 2. The smallest absolute Gasteiger partial charge is 0.244 e. The third-order valence-corrected chi connectivity index (χ3v) is 3.05. The average molecular weight is 277 g/mol. The fraction of sp³-hybridized carbons (Fsp3) is 0.467. The summed E-state index contributed by atoms with van der Waals surface area (Å²) >= 11 is 0. The molecule has 2 amide bonds. The molecule has 20 heavy (non-hydrogen) atoms. The van der Waals surface area contributed by atoms with Gasteiger partial charge in [0.05, 0.1) is 0 Å². The molecule has 0 aliphatic heterocycles. The molecule has 1 aromatic carbocycles. The number of hydrogen-bond donors (Lipinski definition) is 3. The molecule has 5 nitrogen and oxygen atoms in total. The van der Waals surface area contributed by atoms with Crippen LogP contribution in [0.25, 0.3) is 0 Å². The molecule has 5 heteroatoms. The number of nitrogens with two attached hydrogens (primary N) is 1. The summed E-state index contributed by atoms with van der Waals surface area (Å²) in [7, 11) is 0. The Hall–Kier alpha value is -1.88. The zero-order chi connectivity index (χ0) is 15.0. The lowest BCUT2D eigenvalue weighted by Gasteiger charge is -2.24. The van der Waals surface area contributed by atoms with E-state index in [4.69, 9.17) is 5.73 Å². The molecular weight excluding hydrogens is 254 g/mol. The normalized spacial score (nSPS) is 13.3. The van der Waals surface area contributed by atoms with Crippen molar-refractivity contribution in [3.8, 4) is 0 Å². The SMILES string of the molecule is CCCNC(=O)CCNC(=O)C(C)(N)c1ccccc1. The Kier molecular flexibility index (Phi) is 6.18. The second kappa shape index (κ2) is 7.65. The van der Waals surface area contributed by atoms with Crippen LogP contribution in [0.5, 0.6) is 0 Å². The topological polar surface area (TPSA) is 84.2 Å². The van der Waals surface area contributed by atoms with E-state index in [1.165, 1.54) is 0 Å². The van der Waals surface area contributed by atoms with E-state index in [9.17, 15) is 9.59 Å². The van der Waals surface area contributed by atoms with Gasteiger partial charge in [-0.3, -0.25) is 9.59 Å². The number of carbonyl (C=O) groups is 2. The van der Waals surface area contributed by atoms with E-state index in [0.717, 1.165) is 12.0 Å². The Morgan fingerprint density at radius 3 is 2.40 bits per heavy atom. The molecule has 0 radical (unpaired) electrons. The zero-order valence-electron chi connectivity index (χ0n) is 12.1. The van der Waals surface area contributed by atoms with Crippen molar-refractivity contribution < 1.29 is 9.59 Å². The van der Waals surface area contributed by atoms with Crippen LogP contribution < -0.4 is 16.4 Å². The molecule has 1 rings (SSSR count). The molecule has 1 atom stereocenters. The third-order valence-electron chi connectivity index (χ3n) is 3.05. The van der Waals surface area contributed by atoms with E-state index in [-0.39, 0.29) is 24.8 Å². The fourth-order valence-electron chi connectivity index (χ4n) is 1.74. The van der Waals surface area contributed by atoms with Gasteiger partial charge in [-0.2, -0.15) is 0 Å². The van der Waals surface area contributed by atoms with Crippen molar-refractivity contribution in [2.45, 2.75) is 32.2 Å². The molecule has 0 bridgehead atoms. The number of benzene rings is 1. The van der Waals surface area contributed by atoms with Crippen molar-refractivity contribution in [1.82, 2.24) is 10.6 Å². The number of nitrogens with one attached hydrogen (secondary N) is 2. The van der Waals surface area contributed by atoms with Gasteiger partial charge in [-0.1, -0.05) is 37.3 Å². The first-order valence-corrected chi connectivity index (χ1v) is 6.88. The first-order valence-electron chi connectivity index (χ1n) is 6.88. The van der Waals surface area contributed by atoms with E-state index in [0.29, 0.717) is 6.54 Å². The zero-order valence-corrected chi connectivity index (χ0v) is 12.1. The highest BCUT2D eigenvalue weighted by Gasteiger charge is 2.29. The Bertz CT molecular complexity index is 444. The molecule has 0 fully saturated rings. The van der Waals surface area contributed by atoms with Crippen molar-refractivity contribution in [1.29, 1.82) is 0 Å². The minimum Gasteiger partial charge on any atom is -0.356 e. The highest BCUT2D eigenvalue weighted by atomic mass is 16.2. The van der Waals surface area contributed by atoms with Crippen molar-refractivity contribution in [2.75, 3.05) is 13.1 Å². The highest BCUT2D eigenvalue weighted by molar-refractivity contribution is 5.87. The molecule has 1 aromatic rings. The van der Waals surface area contributed by atoms with Gasteiger partial charge in [-0.05, 0) is 18.9 Å². The van der Waals surface area contributed by atoms with Gasteiger partial charge in [0, 0.05) is 19.5 Å². The van der Waals surface area contributed by atoms with E-state index in [1.54, 1.807) is 6.92 Å². The Balaban J connectivity index is 2.44. The Morgan fingerprint density at radius 1 is 1.15 bits per heavy atom. The molecule has 0 aliphatic rings. The van der Waals surface area contributed by atoms with Crippen LogP contribution in [-0.2, 0) is 15.1 Å². The quantitative estimate of drug-likeness (QED) is 0.692. The van der Waals surface area contributed by atoms with Gasteiger partial charge < -0.3 is 16.4 Å². The van der Waals surface area contributed by atoms with Crippen LogP contribution in [0.15, 0.2) is 30.3 Å². The van der Waals surface area contributed by atoms with Gasteiger partial charge in [0.25, 0.3) is 0 Å². The monoisotopic (exact) mass is 277 g/mol. The maximum atomic E-state index is 12.1. The lowest BCUT2D eigenvalue weighted by atomic mass is 9.92. The fourth-order valence-corrected chi connectivity index (χ4v) is 1.74. The molecule has 0 heterocycles. The van der Waals surface area contributed by atoms with Crippen LogP contribution in [0.4, 0.5) is 0 Å². The summed E-state index contributed by atoms with van der Waals surface area (Å²) in [6, 6.07) is 9.18. The molecule has 0 spiro atoms. The van der Waals surface area contributed by atoms with Crippen LogP contribution in [0.3, 0.4) is 0 Å². The number of carbonyl (C=O) groups excluding carboxylic acids is 2. The Labute approximate surface area is 119 Å². The van der Waals surface area contributed by atoms with Gasteiger partial charge in [-0.25, -0.2) is 0 Å². The highest BCUT2D eigenvalue weighted by Crippen LogP contribution is 2.17. The van der Waals surface area contributed by atoms with E-state index < -0.39 is 5.54 Å². The summed E-state index contributed by atoms with van der Waals surface area (Å²) in [4.78, 5) is 23.5. The summed E-state index contributed by atoms with van der Waals surface area (Å²) in [5, 5.41) is 5.46. The van der Waals surface area contributed by atoms with Crippen LogP contribution in [-0.4, -0.2) is 24.9 Å². The molecule has 0 saturated heterocycles. The maximum Gasteiger partial charge on any atom is 0.244 e. The van der Waals surface area contributed by atoms with Crippen LogP contribution in [0.2, 0.25) is 0 Å². The molecule has 4 N–H and O–H groups in total. The summed E-state index contributed by atoms with van der Waals surface area (Å²) in [6.45, 7) is 4.59. The standard InChI is InChI=1S/C15H23N3O2/c1-3-10-17-13(19)9-11-18-14(20)15(2,16)12-7-5-4-6-8-12/h4-8H,3,9-11,16H2,1-2H3,(H,17,19)(H,18,20). The van der Waals surface area contributed by atoms with Crippen LogP contribution >= 0.6 is 0 Å². The average Bonchev–Trinajstić information content (AvgIpc) is 2.45. The van der Waals surface area contributed by atoms with Crippen molar-refractivity contribution in [3.63, 3.8) is 0 Å². The number of rotatable bonds is 7. The Morgan fingerprint density at radius 2 is 1.80 bits per heavy atom. The molecule has 0 aliphatic carbocycles. The van der Waals surface area contributed by atoms with Crippen molar-refractivity contribution in [3.05, 3.63) is 35.9 Å². The summed E-state index contributed by atoms with van der Waals surface area (Å²) < 4.78 is 0. The van der Waals surface area contributed by atoms with Crippen molar-refractivity contribution >= 4 is 11.8 Å². The van der Waals surface area contributed by atoms with Gasteiger partial charge >= 0.3 is 0 Å². The summed E-state index contributed by atoms with van der Waals surface area (Å²) in [6.07, 6.45) is 1.16. The molecule has 1 unspecified atom stereocenters. The lowest BCUT2D eigenvalue weighted by Crippen LogP contribution is -2.49. The third kappa shape index (κ3) is 4.66. The first-order chi connectivity index (χ1) is 9.48. The molecule has 110 valence electrons. The minimum atomic E-state index is -1.10. The summed E-state index contributed by atoms with van der Waals surface area (Å²) in [5.74, 6) is -0.349. The van der Waals surface area contributed by atoms with Crippen molar-refractivity contribution in [2.24, 2.45) is 5.73 Å². The first kappa shape index (κ1) is 16.2. The predicted molar refractivity (Wildman–Crippen MR) is 78.9 cm³/mol. The second-order valence-electron chi connectivity index (χ2n) is 4.92. The predicted octanol–water partition coefficient (Wildman–Crippen LogP) is 0.893. The molecule has 0 aromatic heterocycles. The summed E-state index contributed by atoms with van der Waals surface area (Å²) in [5.41, 5.74) is 5.71. The van der Waals surface area contributed by atoms with E-state index in [2.05, 4.69) is 10.6 Å². The minimum absolute atomic E-state index is 0.0643. The van der Waals surface area contributed by atoms with Gasteiger partial charge in [0.1, 0.15) is 5.54 Å². The van der Waals surface area contributed by atoms with E-state index in [1.807, 2.05) is 37.3 Å². The molecule has 0 saturated carbocycles. The van der Waals surface area contributed by atoms with E-state index >= 15 is 0 Å². The number of hydrogen-bond acceptors (Lipinski definition) is 3.